The van der Waals surface area contributed by atoms with Crippen molar-refractivity contribution in [1.82, 2.24) is 4.98 Å². The number of aliphatic imine (C=N–C) groups is 1. The molecule has 1 aromatic heterocycles. The van der Waals surface area contributed by atoms with E-state index in [4.69, 9.17) is 4.74 Å². The van der Waals surface area contributed by atoms with Gasteiger partial charge in [-0.15, -0.1) is 0 Å². The van der Waals surface area contributed by atoms with E-state index in [0.717, 1.165) is 54.6 Å². The molecule has 0 radical (unpaired) electrons. The first-order chi connectivity index (χ1) is 12.7. The normalized spacial score (nSPS) is 23.0. The summed E-state index contributed by atoms with van der Waals surface area (Å²) in [4.78, 5) is 8.71. The molecule has 136 valence electrons. The summed E-state index contributed by atoms with van der Waals surface area (Å²) in [5.74, 6) is 1.07. The van der Waals surface area contributed by atoms with Gasteiger partial charge >= 0.3 is 0 Å². The number of benzene rings is 1. The zero-order valence-electron chi connectivity index (χ0n) is 15.3. The molecule has 1 aromatic carbocycles. The van der Waals surface area contributed by atoms with Crippen LogP contribution in [0.5, 0.6) is 0 Å². The Balaban J connectivity index is 1.36. The van der Waals surface area contributed by atoms with Crippen LogP contribution in [0.2, 0.25) is 0 Å². The van der Waals surface area contributed by atoms with Crippen molar-refractivity contribution in [2.24, 2.45) is 10.9 Å². The highest BCUT2D eigenvalue weighted by atomic mass is 16.5. The van der Waals surface area contributed by atoms with E-state index in [0.29, 0.717) is 12.7 Å². The second kappa shape index (κ2) is 7.68. The molecule has 0 spiro atoms. The monoisotopic (exact) mass is 350 g/mol. The molecule has 1 saturated carbocycles. The van der Waals surface area contributed by atoms with Crippen LogP contribution >= 0.6 is 0 Å². The summed E-state index contributed by atoms with van der Waals surface area (Å²) in [6.07, 6.45) is 8.40. The molecule has 2 aliphatic rings. The van der Waals surface area contributed by atoms with Crippen LogP contribution in [0.15, 0.2) is 41.5 Å². The number of ether oxygens (including phenoxy) is 1. The third-order valence-corrected chi connectivity index (χ3v) is 5.70. The minimum absolute atomic E-state index is 0.289. The Kier molecular flexibility index (Phi) is 5.14. The maximum atomic E-state index is 11.1. The van der Waals surface area contributed by atoms with Gasteiger partial charge in [-0.25, -0.2) is 9.98 Å². The predicted octanol–water partition coefficient (Wildman–Crippen LogP) is 4.46. The van der Waals surface area contributed by atoms with E-state index in [2.05, 4.69) is 22.1 Å². The number of aromatic nitrogens is 1. The highest BCUT2D eigenvalue weighted by molar-refractivity contribution is 5.75. The van der Waals surface area contributed by atoms with Crippen molar-refractivity contribution >= 4 is 12.0 Å². The number of aliphatic hydroxyl groups is 1. The van der Waals surface area contributed by atoms with E-state index in [9.17, 15) is 5.11 Å². The molecule has 2 aromatic rings. The summed E-state index contributed by atoms with van der Waals surface area (Å²) in [5.41, 5.74) is 4.46. The third-order valence-electron chi connectivity index (χ3n) is 5.70. The SMILES string of the molecule is Cc1cnc2c(c1C(O)C1CCC(OCc3ccccc3)CC1)CC=N2. The molecule has 4 rings (SSSR count). The van der Waals surface area contributed by atoms with Gasteiger partial charge in [-0.2, -0.15) is 0 Å². The van der Waals surface area contributed by atoms with Crippen molar-refractivity contribution in [3.8, 4) is 0 Å². The number of pyridine rings is 1. The minimum Gasteiger partial charge on any atom is -0.388 e. The third kappa shape index (κ3) is 3.57. The zero-order valence-corrected chi connectivity index (χ0v) is 15.3. The van der Waals surface area contributed by atoms with Crippen LogP contribution in [-0.4, -0.2) is 22.4 Å². The predicted molar refractivity (Wildman–Crippen MR) is 103 cm³/mol. The first-order valence-corrected chi connectivity index (χ1v) is 9.57. The number of aryl methyl sites for hydroxylation is 1. The minimum atomic E-state index is -0.427. The van der Waals surface area contributed by atoms with Gasteiger partial charge in [0.15, 0.2) is 5.82 Å². The van der Waals surface area contributed by atoms with Crippen LogP contribution in [0.3, 0.4) is 0 Å². The number of aliphatic hydroxyl groups excluding tert-OH is 1. The fourth-order valence-corrected chi connectivity index (χ4v) is 4.21. The second-order valence-electron chi connectivity index (χ2n) is 7.45. The van der Waals surface area contributed by atoms with Gasteiger partial charge in [-0.1, -0.05) is 30.3 Å². The molecule has 0 saturated heterocycles. The Bertz CT molecular complexity index is 780. The molecule has 0 amide bonds. The highest BCUT2D eigenvalue weighted by Crippen LogP contribution is 2.40. The van der Waals surface area contributed by atoms with Gasteiger partial charge in [0, 0.05) is 24.4 Å². The largest absolute Gasteiger partial charge is 0.388 e. The van der Waals surface area contributed by atoms with Crippen molar-refractivity contribution in [1.29, 1.82) is 0 Å². The molecule has 1 N–H and O–H groups in total. The Morgan fingerprint density at radius 3 is 2.69 bits per heavy atom. The lowest BCUT2D eigenvalue weighted by Crippen LogP contribution is -2.26. The van der Waals surface area contributed by atoms with Crippen molar-refractivity contribution in [2.75, 3.05) is 0 Å². The van der Waals surface area contributed by atoms with E-state index >= 15 is 0 Å². The van der Waals surface area contributed by atoms with Crippen LogP contribution in [0.1, 0.15) is 54.0 Å². The number of fused-ring (bicyclic) bond motifs is 1. The quantitative estimate of drug-likeness (QED) is 0.866. The molecule has 1 aliphatic carbocycles. The summed E-state index contributed by atoms with van der Waals surface area (Å²) in [5, 5.41) is 11.1. The van der Waals surface area contributed by atoms with Gasteiger partial charge in [0.2, 0.25) is 0 Å². The second-order valence-corrected chi connectivity index (χ2v) is 7.45. The fraction of sp³-hybridized carbons (Fsp3) is 0.455. The Morgan fingerprint density at radius 2 is 1.92 bits per heavy atom. The molecule has 1 fully saturated rings. The standard InChI is InChI=1S/C22H26N2O2/c1-15-13-24-22-19(11-12-23-22)20(15)21(25)17-7-9-18(10-8-17)26-14-16-5-3-2-4-6-16/h2-6,12-13,17-18,21,25H,7-11,14H2,1H3. The van der Waals surface area contributed by atoms with E-state index in [1.165, 1.54) is 5.56 Å². The molecule has 0 bridgehead atoms. The Morgan fingerprint density at radius 1 is 1.15 bits per heavy atom. The van der Waals surface area contributed by atoms with Crippen LogP contribution in [0.25, 0.3) is 0 Å². The van der Waals surface area contributed by atoms with Gasteiger partial charge in [0.1, 0.15) is 0 Å². The topological polar surface area (TPSA) is 54.7 Å². The van der Waals surface area contributed by atoms with Gasteiger partial charge in [-0.3, -0.25) is 0 Å². The van der Waals surface area contributed by atoms with Crippen LogP contribution in [-0.2, 0) is 17.8 Å². The fourth-order valence-electron chi connectivity index (χ4n) is 4.21. The van der Waals surface area contributed by atoms with Crippen LogP contribution < -0.4 is 0 Å². The molecular weight excluding hydrogens is 324 g/mol. The maximum Gasteiger partial charge on any atom is 0.155 e. The summed E-state index contributed by atoms with van der Waals surface area (Å²) < 4.78 is 6.09. The molecular formula is C22H26N2O2. The van der Waals surface area contributed by atoms with Gasteiger partial charge < -0.3 is 9.84 Å². The maximum absolute atomic E-state index is 11.1. The molecule has 1 atom stereocenters. The van der Waals surface area contributed by atoms with Crippen molar-refractivity contribution in [3.63, 3.8) is 0 Å². The van der Waals surface area contributed by atoms with E-state index < -0.39 is 6.10 Å². The van der Waals surface area contributed by atoms with Gasteiger partial charge in [0.25, 0.3) is 0 Å². The molecule has 1 aliphatic heterocycles. The summed E-state index contributed by atoms with van der Waals surface area (Å²) in [6.45, 7) is 2.71. The van der Waals surface area contributed by atoms with Crippen LogP contribution in [0.4, 0.5) is 5.82 Å². The Hall–Kier alpha value is -2.04. The lowest BCUT2D eigenvalue weighted by molar-refractivity contribution is -0.0138. The number of hydrogen-bond acceptors (Lipinski definition) is 4. The highest BCUT2D eigenvalue weighted by Gasteiger charge is 2.31. The number of rotatable bonds is 5. The van der Waals surface area contributed by atoms with E-state index in [1.54, 1.807) is 0 Å². The first-order valence-electron chi connectivity index (χ1n) is 9.57. The zero-order chi connectivity index (χ0) is 17.9. The van der Waals surface area contributed by atoms with Gasteiger partial charge in [0.05, 0.1) is 18.8 Å². The number of nitrogens with zero attached hydrogens (tertiary/aromatic N) is 2. The lowest BCUT2D eigenvalue weighted by atomic mass is 9.79. The molecule has 26 heavy (non-hydrogen) atoms. The molecule has 2 heterocycles. The average Bonchev–Trinajstić information content (AvgIpc) is 3.16. The average molecular weight is 350 g/mol. The van der Waals surface area contributed by atoms with Crippen molar-refractivity contribution < 1.29 is 9.84 Å². The molecule has 4 nitrogen and oxygen atoms in total. The summed E-state index contributed by atoms with van der Waals surface area (Å²) in [7, 11) is 0. The van der Waals surface area contributed by atoms with Crippen molar-refractivity contribution in [3.05, 3.63) is 58.8 Å². The summed E-state index contributed by atoms with van der Waals surface area (Å²) >= 11 is 0. The van der Waals surface area contributed by atoms with Gasteiger partial charge in [-0.05, 0) is 55.2 Å². The van der Waals surface area contributed by atoms with E-state index in [-0.39, 0.29) is 5.92 Å². The first kappa shape index (κ1) is 17.4. The van der Waals surface area contributed by atoms with E-state index in [1.807, 2.05) is 37.5 Å². The lowest BCUT2D eigenvalue weighted by Gasteiger charge is -2.32. The smallest absolute Gasteiger partial charge is 0.155 e. The molecule has 4 heteroatoms. The van der Waals surface area contributed by atoms with Crippen LogP contribution in [0, 0.1) is 12.8 Å². The number of hydrogen-bond donors (Lipinski definition) is 1. The van der Waals surface area contributed by atoms with Crippen molar-refractivity contribution in [2.45, 2.75) is 57.8 Å². The Labute approximate surface area is 155 Å². The summed E-state index contributed by atoms with van der Waals surface area (Å²) in [6, 6.07) is 10.3. The molecule has 1 unspecified atom stereocenters.